The van der Waals surface area contributed by atoms with Crippen LogP contribution >= 0.6 is 34.7 Å². The Balaban J connectivity index is 1.57. The van der Waals surface area contributed by atoms with Gasteiger partial charge in [-0.2, -0.15) is 10.5 Å². The van der Waals surface area contributed by atoms with E-state index in [4.69, 9.17) is 22.4 Å². The molecule has 0 saturated carbocycles. The normalized spacial score (nSPS) is 10.6. The number of pyridine rings is 1. The number of benzene rings is 2. The summed E-state index contributed by atoms with van der Waals surface area (Å²) in [7, 11) is 0. The molecule has 7 nitrogen and oxygen atoms in total. The number of nitrogens with two attached hydrogens (primary N) is 1. The van der Waals surface area contributed by atoms with E-state index in [1.54, 1.807) is 6.07 Å². The largest absolute Gasteiger partial charge is 0.396 e. The van der Waals surface area contributed by atoms with E-state index in [1.807, 2.05) is 29.6 Å². The van der Waals surface area contributed by atoms with Crippen molar-refractivity contribution in [3.63, 3.8) is 0 Å². The van der Waals surface area contributed by atoms with Crippen molar-refractivity contribution in [1.29, 1.82) is 10.5 Å². The van der Waals surface area contributed by atoms with Crippen molar-refractivity contribution in [2.24, 2.45) is 0 Å². The van der Waals surface area contributed by atoms with Crippen LogP contribution in [-0.4, -0.2) is 21.7 Å². The van der Waals surface area contributed by atoms with E-state index in [-0.39, 0.29) is 28.6 Å². The summed E-state index contributed by atoms with van der Waals surface area (Å²) in [4.78, 5) is 8.88. The summed E-state index contributed by atoms with van der Waals surface area (Å²) >= 11 is 8.52. The van der Waals surface area contributed by atoms with Crippen LogP contribution in [0.5, 0.6) is 0 Å². The lowest BCUT2D eigenvalue weighted by Crippen LogP contribution is -2.03. The molecule has 4 rings (SSSR count). The maximum atomic E-state index is 13.4. The number of nitrogens with zero attached hydrogens (tertiary/aromatic N) is 4. The average Bonchev–Trinajstić information content (AvgIpc) is 3.35. The van der Waals surface area contributed by atoms with Crippen LogP contribution in [0.25, 0.3) is 11.1 Å². The second-order valence-corrected chi connectivity index (χ2v) is 10.1. The average molecular weight is 551 g/mol. The maximum absolute atomic E-state index is 13.4. The number of hydrogen-bond donors (Lipinski definition) is 3. The van der Waals surface area contributed by atoms with E-state index in [0.29, 0.717) is 39.1 Å². The van der Waals surface area contributed by atoms with E-state index in [1.165, 1.54) is 35.2 Å². The Hall–Kier alpha value is -3.67. The zero-order chi connectivity index (χ0) is 26.4. The minimum atomic E-state index is -0.497. The molecule has 0 aliphatic heterocycles. The van der Waals surface area contributed by atoms with Crippen molar-refractivity contribution in [3.05, 3.63) is 81.1 Å². The first-order valence-corrected chi connectivity index (χ1v) is 13.3. The highest BCUT2D eigenvalue weighted by atomic mass is 35.5. The summed E-state index contributed by atoms with van der Waals surface area (Å²) in [6.07, 6.45) is 1.38. The number of thiazole rings is 1. The number of hydrogen-bond acceptors (Lipinski definition) is 9. The fraction of sp³-hybridized carbons (Fsp3) is 0.154. The molecule has 0 bridgehead atoms. The standard InChI is InChI=1S/C26H20ClFN6OS2/c27-21-10-17(7-8-22(21)28)32-26-33-18(14-37-26)13-36-25-20(12-30)23(19(11-29)24(31)34-25)16-5-3-15(4-6-16)2-1-9-35/h3-8,10,14,35H,1-2,9,13H2,(H2,31,34)(H,32,33). The van der Waals surface area contributed by atoms with Crippen molar-refractivity contribution >= 4 is 51.3 Å². The molecule has 11 heteroatoms. The van der Waals surface area contributed by atoms with Crippen molar-refractivity contribution in [2.45, 2.75) is 23.6 Å². The number of halogens is 2. The van der Waals surface area contributed by atoms with Crippen LogP contribution in [0.1, 0.15) is 28.8 Å². The van der Waals surface area contributed by atoms with E-state index in [0.717, 1.165) is 17.7 Å². The van der Waals surface area contributed by atoms with Gasteiger partial charge in [0.05, 0.1) is 16.3 Å². The molecule has 0 aliphatic rings. The molecule has 0 amide bonds. The third-order valence-electron chi connectivity index (χ3n) is 5.36. The van der Waals surface area contributed by atoms with Gasteiger partial charge >= 0.3 is 0 Å². The smallest absolute Gasteiger partial charge is 0.187 e. The van der Waals surface area contributed by atoms with Crippen LogP contribution in [0.15, 0.2) is 52.9 Å². The van der Waals surface area contributed by atoms with Gasteiger partial charge in [0, 0.05) is 29.0 Å². The van der Waals surface area contributed by atoms with Gasteiger partial charge in [0.15, 0.2) is 5.13 Å². The topological polar surface area (TPSA) is 132 Å². The molecule has 2 aromatic heterocycles. The SMILES string of the molecule is N#Cc1c(N)nc(SCc2csc(Nc3ccc(F)c(Cl)c3)n2)c(C#N)c1-c1ccc(CCCO)cc1. The quantitative estimate of drug-likeness (QED) is 0.207. The van der Waals surface area contributed by atoms with Crippen LogP contribution in [-0.2, 0) is 12.2 Å². The highest BCUT2D eigenvalue weighted by Gasteiger charge is 2.21. The monoisotopic (exact) mass is 550 g/mol. The van der Waals surface area contributed by atoms with Gasteiger partial charge in [0.25, 0.3) is 0 Å². The van der Waals surface area contributed by atoms with Gasteiger partial charge in [-0.1, -0.05) is 47.6 Å². The van der Waals surface area contributed by atoms with Gasteiger partial charge in [0.1, 0.15) is 34.4 Å². The molecule has 0 atom stereocenters. The van der Waals surface area contributed by atoms with Crippen molar-refractivity contribution in [2.75, 3.05) is 17.7 Å². The Morgan fingerprint density at radius 2 is 1.86 bits per heavy atom. The number of aliphatic hydroxyl groups is 1. The Kier molecular flexibility index (Phi) is 8.59. The van der Waals surface area contributed by atoms with Gasteiger partial charge in [-0.15, -0.1) is 11.3 Å². The fourth-order valence-electron chi connectivity index (χ4n) is 3.58. The lowest BCUT2D eigenvalue weighted by Gasteiger charge is -2.13. The summed E-state index contributed by atoms with van der Waals surface area (Å²) in [6.45, 7) is 0.109. The third kappa shape index (κ3) is 6.19. The summed E-state index contributed by atoms with van der Waals surface area (Å²) < 4.78 is 13.4. The Labute approximate surface area is 226 Å². The number of nitrogen functional groups attached to an aromatic ring is 1. The van der Waals surface area contributed by atoms with Gasteiger partial charge in [-0.05, 0) is 42.2 Å². The van der Waals surface area contributed by atoms with Crippen LogP contribution in [0.2, 0.25) is 5.02 Å². The molecular formula is C26H20ClFN6OS2. The number of nitrogens with one attached hydrogen (secondary N) is 1. The molecule has 4 N–H and O–H groups in total. The first kappa shape index (κ1) is 26.4. The molecule has 37 heavy (non-hydrogen) atoms. The number of thioether (sulfide) groups is 1. The van der Waals surface area contributed by atoms with Crippen molar-refractivity contribution < 1.29 is 9.50 Å². The molecule has 2 heterocycles. The molecule has 0 spiro atoms. The van der Waals surface area contributed by atoms with Gasteiger partial charge in [-0.3, -0.25) is 0 Å². The Morgan fingerprint density at radius 3 is 2.54 bits per heavy atom. The minimum Gasteiger partial charge on any atom is -0.396 e. The maximum Gasteiger partial charge on any atom is 0.187 e. The van der Waals surface area contributed by atoms with Crippen LogP contribution in [0.4, 0.5) is 21.0 Å². The van der Waals surface area contributed by atoms with Crippen LogP contribution < -0.4 is 11.1 Å². The minimum absolute atomic E-state index is 0.0152. The predicted molar refractivity (Wildman–Crippen MR) is 145 cm³/mol. The highest BCUT2D eigenvalue weighted by molar-refractivity contribution is 7.98. The van der Waals surface area contributed by atoms with Crippen molar-refractivity contribution in [3.8, 4) is 23.3 Å². The molecule has 4 aromatic rings. The van der Waals surface area contributed by atoms with E-state index in [2.05, 4.69) is 27.4 Å². The first-order valence-electron chi connectivity index (χ1n) is 11.1. The fourth-order valence-corrected chi connectivity index (χ4v) is 5.49. The third-order valence-corrected chi connectivity index (χ3v) is 7.47. The molecule has 186 valence electrons. The second-order valence-electron chi connectivity index (χ2n) is 7.86. The van der Waals surface area contributed by atoms with Gasteiger partial charge in [0.2, 0.25) is 0 Å². The highest BCUT2D eigenvalue weighted by Crippen LogP contribution is 2.37. The number of rotatable bonds is 9. The number of nitriles is 2. The molecule has 0 radical (unpaired) electrons. The number of anilines is 3. The summed E-state index contributed by atoms with van der Waals surface area (Å²) in [5.74, 6) is -0.0327. The lowest BCUT2D eigenvalue weighted by molar-refractivity contribution is 0.288. The second kappa shape index (κ2) is 12.0. The van der Waals surface area contributed by atoms with E-state index >= 15 is 0 Å². The lowest BCUT2D eigenvalue weighted by atomic mass is 9.95. The molecule has 0 unspecified atom stereocenters. The molecular weight excluding hydrogens is 531 g/mol. The van der Waals surface area contributed by atoms with Gasteiger partial charge < -0.3 is 16.2 Å². The summed E-state index contributed by atoms with van der Waals surface area (Å²) in [5, 5.41) is 34.8. The van der Waals surface area contributed by atoms with E-state index < -0.39 is 5.82 Å². The van der Waals surface area contributed by atoms with Crippen molar-refractivity contribution in [1.82, 2.24) is 9.97 Å². The molecule has 0 aliphatic carbocycles. The number of aliphatic hydroxyl groups excluding tert-OH is 1. The Bertz CT molecular complexity index is 1510. The number of aromatic nitrogens is 2. The van der Waals surface area contributed by atoms with E-state index in [9.17, 15) is 14.9 Å². The first-order chi connectivity index (χ1) is 17.9. The van der Waals surface area contributed by atoms with Crippen LogP contribution in [0, 0.1) is 28.5 Å². The Morgan fingerprint density at radius 1 is 1.11 bits per heavy atom. The predicted octanol–water partition coefficient (Wildman–Crippen LogP) is 6.28. The zero-order valence-electron chi connectivity index (χ0n) is 19.3. The molecule has 2 aromatic carbocycles. The van der Waals surface area contributed by atoms with Crippen LogP contribution in [0.3, 0.4) is 0 Å². The zero-order valence-corrected chi connectivity index (χ0v) is 21.7. The molecule has 0 fully saturated rings. The summed E-state index contributed by atoms with van der Waals surface area (Å²) in [6, 6.07) is 16.1. The summed E-state index contributed by atoms with van der Waals surface area (Å²) in [5.41, 5.74) is 10.1. The molecule has 0 saturated heterocycles. The van der Waals surface area contributed by atoms with Gasteiger partial charge in [-0.25, -0.2) is 14.4 Å². The number of aryl methyl sites for hydroxylation is 1.